The second-order valence-corrected chi connectivity index (χ2v) is 31.9. The summed E-state index contributed by atoms with van der Waals surface area (Å²) in [5.74, 6) is 4.08. The zero-order chi connectivity index (χ0) is 86.5. The SMILES string of the molecule is CCN1CCN(c2cccc3c2CN([C@H](CCCNC(=O)c2ccncc2)c2ccc(OC)c(OC)c2)C3=O)CC1.CCN1CCN(c2cccc3c2CN([C@H](CCCNC(=O)c2nccn2C)c2ccc(OC)c(OC)c2)C3=O)CC1.CCN1CCN(c2cccc3c2CN([C@H](CCCOCc2cccc(C)c2)c2ccc(OC)c(OC)c2)C3=O)CC1. The van der Waals surface area contributed by atoms with Gasteiger partial charge in [0.05, 0.1) is 67.4 Å². The molecule has 2 N–H and O–H groups in total. The highest BCUT2D eigenvalue weighted by Gasteiger charge is 2.41. The molecule has 123 heavy (non-hydrogen) atoms. The minimum atomic E-state index is -0.211. The van der Waals surface area contributed by atoms with Crippen LogP contribution < -0.4 is 53.8 Å². The van der Waals surface area contributed by atoms with Gasteiger partial charge >= 0.3 is 0 Å². The predicted molar refractivity (Wildman–Crippen MR) is 479 cm³/mol. The third-order valence-electron chi connectivity index (χ3n) is 24.9. The molecular formula is C97H122N14O12. The molecule has 3 atom stereocenters. The normalized spacial score (nSPS) is 16.0. The van der Waals surface area contributed by atoms with Crippen LogP contribution in [0.25, 0.3) is 0 Å². The number of aryl methyl sites for hydroxylation is 2. The zero-order valence-corrected chi connectivity index (χ0v) is 73.5. The fourth-order valence-electron chi connectivity index (χ4n) is 17.9. The molecule has 5 amide bonds. The largest absolute Gasteiger partial charge is 0.493 e. The number of nitrogens with zero attached hydrogens (tertiary/aromatic N) is 12. The van der Waals surface area contributed by atoms with E-state index in [1.54, 1.807) is 91.2 Å². The summed E-state index contributed by atoms with van der Waals surface area (Å²) in [6, 6.07) is 47.4. The first-order valence-electron chi connectivity index (χ1n) is 43.4. The number of amides is 5. The summed E-state index contributed by atoms with van der Waals surface area (Å²) in [6.07, 6.45) is 10.9. The molecular weight excluding hydrogens is 1550 g/mol. The van der Waals surface area contributed by atoms with Crippen LogP contribution in [-0.2, 0) is 38.0 Å². The van der Waals surface area contributed by atoms with Crippen LogP contribution in [0.4, 0.5) is 17.1 Å². The van der Waals surface area contributed by atoms with E-state index in [4.69, 9.17) is 33.2 Å². The number of pyridine rings is 1. The summed E-state index contributed by atoms with van der Waals surface area (Å²) in [7, 11) is 11.5. The lowest BCUT2D eigenvalue weighted by Gasteiger charge is -2.36. The van der Waals surface area contributed by atoms with Crippen molar-refractivity contribution in [3.8, 4) is 34.5 Å². The number of hydrogen-bond donors (Lipinski definition) is 2. The van der Waals surface area contributed by atoms with Gasteiger partial charge in [-0.05, 0) is 172 Å². The molecule has 0 aliphatic carbocycles. The van der Waals surface area contributed by atoms with Crippen molar-refractivity contribution in [2.75, 3.05) is 175 Å². The number of piperazine rings is 3. The standard InChI is InChI=1S/C34H43N3O4.C32H39N5O4.C31H40N6O4/c1-5-35-16-18-36(19-17-35)31-12-7-11-28-29(31)23-37(34(28)38)30(27-14-15-32(39-3)33(22-27)40-4)13-8-20-41-24-26-10-6-9-25(2)21-26;1-4-35-17-19-36(20-18-35)28-8-5-7-25-26(28)22-37(32(25)39)27(24-10-11-29(40-2)30(21-24)41-3)9-6-14-34-31(38)23-12-15-33-16-13-23;1-5-35-16-18-36(19-17-35)26-9-6-8-23-24(26)21-37(31(23)39)25(22-11-12-27(40-3)28(20-22)41-4)10-7-13-33-30(38)29-32-14-15-34(29)2/h6-7,9-12,14-15,21-22,30H,5,8,13,16-20,23-24H2,1-4H3;5,7-8,10-13,15-16,21,27H,4,6,9,14,17-20,22H2,1-3H3,(H,34,38);6,8-9,11-12,14-15,20,25H,5,7,10,13,16-19,21H2,1-4H3,(H,33,38)/t30-;27-;25-/m111/s1. The van der Waals surface area contributed by atoms with Crippen LogP contribution in [0.2, 0.25) is 0 Å². The number of carbonyl (C=O) groups is 5. The van der Waals surface area contributed by atoms with Crippen LogP contribution in [-0.4, -0.2) is 234 Å². The van der Waals surface area contributed by atoms with Gasteiger partial charge in [0, 0.05) is 206 Å². The molecule has 6 aliphatic heterocycles. The van der Waals surface area contributed by atoms with Crippen LogP contribution >= 0.6 is 0 Å². The van der Waals surface area contributed by atoms with E-state index in [1.807, 2.05) is 99.6 Å². The number of likely N-dealkylation sites (N-methyl/N-ethyl adjacent to an activating group) is 3. The highest BCUT2D eigenvalue weighted by molar-refractivity contribution is 6.02. The van der Waals surface area contributed by atoms with E-state index in [9.17, 15) is 24.0 Å². The summed E-state index contributed by atoms with van der Waals surface area (Å²) >= 11 is 0. The van der Waals surface area contributed by atoms with Crippen molar-refractivity contribution in [2.45, 2.75) is 111 Å². The first kappa shape index (κ1) is 89.1. The predicted octanol–water partition coefficient (Wildman–Crippen LogP) is 13.5. The van der Waals surface area contributed by atoms with Crippen LogP contribution in [0.3, 0.4) is 0 Å². The third-order valence-corrected chi connectivity index (χ3v) is 24.9. The van der Waals surface area contributed by atoms with Crippen molar-refractivity contribution >= 4 is 46.6 Å². The monoisotopic (exact) mass is 1670 g/mol. The van der Waals surface area contributed by atoms with E-state index < -0.39 is 0 Å². The van der Waals surface area contributed by atoms with Crippen molar-refractivity contribution < 1.29 is 57.1 Å². The number of ether oxygens (including phenoxy) is 7. The highest BCUT2D eigenvalue weighted by Crippen LogP contribution is 2.45. The molecule has 9 aromatic rings. The Kier molecular flexibility index (Phi) is 31.0. The van der Waals surface area contributed by atoms with Crippen molar-refractivity contribution in [1.29, 1.82) is 0 Å². The van der Waals surface area contributed by atoms with E-state index >= 15 is 0 Å². The minimum absolute atomic E-state index is 0.0332. The summed E-state index contributed by atoms with van der Waals surface area (Å²) in [5, 5.41) is 5.97. The molecule has 0 radical (unpaired) electrons. The molecule has 2 aromatic heterocycles. The number of hydrogen-bond acceptors (Lipinski definition) is 20. The summed E-state index contributed by atoms with van der Waals surface area (Å²) < 4.78 is 41.0. The molecule has 652 valence electrons. The maximum Gasteiger partial charge on any atom is 0.287 e. The van der Waals surface area contributed by atoms with Crippen LogP contribution in [0.15, 0.2) is 170 Å². The second kappa shape index (κ2) is 42.9. The average molecular weight is 1680 g/mol. The van der Waals surface area contributed by atoms with E-state index in [1.165, 1.54) is 16.8 Å². The number of anilines is 3. The lowest BCUT2D eigenvalue weighted by Crippen LogP contribution is -2.46. The molecule has 26 heteroatoms. The van der Waals surface area contributed by atoms with Crippen LogP contribution in [0.5, 0.6) is 34.5 Å². The molecule has 0 bridgehead atoms. The first-order valence-corrected chi connectivity index (χ1v) is 43.4. The number of rotatable bonds is 34. The Bertz CT molecular complexity index is 5060. The molecule has 26 nitrogen and oxygen atoms in total. The van der Waals surface area contributed by atoms with Gasteiger partial charge in [0.25, 0.3) is 29.5 Å². The molecule has 15 rings (SSSR count). The van der Waals surface area contributed by atoms with Gasteiger partial charge in [-0.3, -0.25) is 29.0 Å². The van der Waals surface area contributed by atoms with Crippen LogP contribution in [0.1, 0.15) is 174 Å². The number of imidazole rings is 1. The Labute approximate surface area is 724 Å². The number of nitrogens with one attached hydrogen (secondary N) is 2. The Morgan fingerprint density at radius 2 is 0.797 bits per heavy atom. The van der Waals surface area contributed by atoms with Gasteiger partial charge in [-0.15, -0.1) is 0 Å². The van der Waals surface area contributed by atoms with Crippen molar-refractivity contribution in [2.24, 2.45) is 7.05 Å². The summed E-state index contributed by atoms with van der Waals surface area (Å²) in [5.41, 5.74) is 15.2. The topological polar surface area (TPSA) is 234 Å². The molecule has 3 fully saturated rings. The third kappa shape index (κ3) is 21.1. The Morgan fingerprint density at radius 1 is 0.423 bits per heavy atom. The van der Waals surface area contributed by atoms with Crippen molar-refractivity contribution in [3.05, 3.63) is 243 Å². The average Bonchev–Trinajstić information content (AvgIpc) is 1.62. The van der Waals surface area contributed by atoms with Gasteiger partial charge in [-0.2, -0.15) is 0 Å². The number of methoxy groups -OCH3 is 6. The van der Waals surface area contributed by atoms with Gasteiger partial charge < -0.3 is 92.5 Å². The first-order chi connectivity index (χ1) is 60.0. The lowest BCUT2D eigenvalue weighted by molar-refractivity contribution is 0.0658. The molecule has 7 aromatic carbocycles. The Morgan fingerprint density at radius 3 is 1.15 bits per heavy atom. The fourth-order valence-corrected chi connectivity index (χ4v) is 17.9. The van der Waals surface area contributed by atoms with E-state index in [-0.39, 0.29) is 47.7 Å². The number of fused-ring (bicyclic) bond motifs is 3. The van der Waals surface area contributed by atoms with Crippen LogP contribution in [0, 0.1) is 6.92 Å². The van der Waals surface area contributed by atoms with Gasteiger partial charge in [-0.1, -0.05) is 87.0 Å². The highest BCUT2D eigenvalue weighted by atomic mass is 16.5. The van der Waals surface area contributed by atoms with Crippen molar-refractivity contribution in [1.82, 2.24) is 54.6 Å². The van der Waals surface area contributed by atoms with E-state index in [0.717, 1.165) is 172 Å². The van der Waals surface area contributed by atoms with Gasteiger partial charge in [0.2, 0.25) is 0 Å². The van der Waals surface area contributed by atoms with E-state index in [0.29, 0.717) is 118 Å². The summed E-state index contributed by atoms with van der Waals surface area (Å²) in [4.78, 5) is 95.7. The smallest absolute Gasteiger partial charge is 0.287 e. The minimum Gasteiger partial charge on any atom is -0.493 e. The molecule has 0 saturated carbocycles. The van der Waals surface area contributed by atoms with Crippen molar-refractivity contribution in [3.63, 3.8) is 0 Å². The number of benzene rings is 7. The maximum absolute atomic E-state index is 13.9. The van der Waals surface area contributed by atoms with Gasteiger partial charge in [0.1, 0.15) is 0 Å². The zero-order valence-electron chi connectivity index (χ0n) is 73.5. The number of aromatic nitrogens is 3. The second-order valence-electron chi connectivity index (χ2n) is 31.9. The number of carbonyl (C=O) groups excluding carboxylic acids is 5. The molecule has 8 heterocycles. The van der Waals surface area contributed by atoms with E-state index in [2.05, 4.69) is 126 Å². The molecule has 3 saturated heterocycles. The van der Waals surface area contributed by atoms with Gasteiger partial charge in [-0.25, -0.2) is 4.98 Å². The summed E-state index contributed by atoms with van der Waals surface area (Å²) in [6.45, 7) is 27.7. The fraction of sp³-hybridized carbons (Fsp3) is 0.433. The van der Waals surface area contributed by atoms with Gasteiger partial charge in [0.15, 0.2) is 40.3 Å². The molecule has 6 aliphatic rings. The Hall–Kier alpha value is -11.7. The molecule has 0 unspecified atom stereocenters. The lowest BCUT2D eigenvalue weighted by atomic mass is 9.99. The Balaban J connectivity index is 0.000000159. The molecule has 0 spiro atoms. The quantitative estimate of drug-likeness (QED) is 0.0357. The maximum atomic E-state index is 13.9.